The number of nitro groups is 1. The first-order valence-corrected chi connectivity index (χ1v) is 6.35. The Balaban J connectivity index is 1.99. The van der Waals surface area contributed by atoms with Crippen LogP contribution in [-0.4, -0.2) is 11.0 Å². The first kappa shape index (κ1) is 14.8. The summed E-state index contributed by atoms with van der Waals surface area (Å²) >= 11 is 5.87. The van der Waals surface area contributed by atoms with Crippen LogP contribution >= 0.6 is 11.6 Å². The zero-order valence-electron chi connectivity index (χ0n) is 10.8. The van der Waals surface area contributed by atoms with Gasteiger partial charge in [-0.2, -0.15) is 0 Å². The first-order valence-electron chi connectivity index (χ1n) is 5.98. The molecule has 7 heteroatoms. The van der Waals surface area contributed by atoms with E-state index in [1.54, 1.807) is 0 Å². The third kappa shape index (κ3) is 4.19. The van der Waals surface area contributed by atoms with Crippen LogP contribution in [0.3, 0.4) is 0 Å². The van der Waals surface area contributed by atoms with Crippen LogP contribution in [0.4, 0.5) is 16.2 Å². The molecule has 0 fully saturated rings. The maximum absolute atomic E-state index is 11.7. The van der Waals surface area contributed by atoms with Crippen molar-refractivity contribution in [3.63, 3.8) is 0 Å². The molecule has 0 saturated carbocycles. The van der Waals surface area contributed by atoms with E-state index in [-0.39, 0.29) is 23.0 Å². The maximum atomic E-state index is 11.7. The van der Waals surface area contributed by atoms with Crippen LogP contribution in [0.25, 0.3) is 0 Å². The summed E-state index contributed by atoms with van der Waals surface area (Å²) in [6, 6.07) is 12.9. The summed E-state index contributed by atoms with van der Waals surface area (Å²) in [5.41, 5.74) is 0.791. The number of nitro benzene ring substituents is 1. The summed E-state index contributed by atoms with van der Waals surface area (Å²) in [7, 11) is 0. The van der Waals surface area contributed by atoms with Crippen LogP contribution in [0.2, 0.25) is 5.02 Å². The highest BCUT2D eigenvalue weighted by molar-refractivity contribution is 6.33. The summed E-state index contributed by atoms with van der Waals surface area (Å²) < 4.78 is 5.01. The summed E-state index contributed by atoms with van der Waals surface area (Å²) in [5, 5.41) is 13.2. The third-order valence-corrected chi connectivity index (χ3v) is 2.94. The number of non-ortho nitro benzene ring substituents is 1. The molecule has 2 aromatic rings. The molecular weight excluding hydrogens is 296 g/mol. The van der Waals surface area contributed by atoms with Gasteiger partial charge >= 0.3 is 6.09 Å². The molecule has 108 valence electrons. The molecule has 0 atom stereocenters. The topological polar surface area (TPSA) is 81.5 Å². The van der Waals surface area contributed by atoms with Gasteiger partial charge in [0.2, 0.25) is 0 Å². The number of rotatable bonds is 4. The fourth-order valence-corrected chi connectivity index (χ4v) is 1.76. The van der Waals surface area contributed by atoms with Crippen molar-refractivity contribution >= 4 is 29.1 Å². The fraction of sp³-hybridized carbons (Fsp3) is 0.0714. The molecule has 6 nitrogen and oxygen atoms in total. The van der Waals surface area contributed by atoms with Gasteiger partial charge < -0.3 is 4.74 Å². The van der Waals surface area contributed by atoms with E-state index in [0.29, 0.717) is 0 Å². The second-order valence-corrected chi connectivity index (χ2v) is 4.52. The van der Waals surface area contributed by atoms with E-state index in [4.69, 9.17) is 16.3 Å². The van der Waals surface area contributed by atoms with Gasteiger partial charge in [-0.3, -0.25) is 15.4 Å². The Kier molecular flexibility index (Phi) is 4.73. The number of hydrogen-bond donors (Lipinski definition) is 1. The van der Waals surface area contributed by atoms with Crippen LogP contribution in [0.5, 0.6) is 0 Å². The second-order valence-electron chi connectivity index (χ2n) is 4.11. The number of halogens is 1. The molecule has 0 unspecified atom stereocenters. The van der Waals surface area contributed by atoms with Crippen molar-refractivity contribution < 1.29 is 14.5 Å². The van der Waals surface area contributed by atoms with Gasteiger partial charge in [0.25, 0.3) is 5.69 Å². The van der Waals surface area contributed by atoms with Gasteiger partial charge in [-0.05, 0) is 11.6 Å². The standard InChI is InChI=1S/C14H11ClN2O4/c15-12-7-6-11(17(19)20)8-13(12)16-14(18)21-9-10-4-2-1-3-5-10/h1-8H,9H2,(H,16,18). The van der Waals surface area contributed by atoms with Gasteiger partial charge in [0, 0.05) is 12.1 Å². The lowest BCUT2D eigenvalue weighted by Gasteiger charge is -2.08. The predicted octanol–water partition coefficient (Wildman–Crippen LogP) is 4.00. The smallest absolute Gasteiger partial charge is 0.412 e. The minimum atomic E-state index is -0.735. The summed E-state index contributed by atoms with van der Waals surface area (Å²) in [6.07, 6.45) is -0.735. The lowest BCUT2D eigenvalue weighted by Crippen LogP contribution is -2.14. The largest absolute Gasteiger partial charge is 0.444 e. The minimum absolute atomic E-state index is 0.0964. The Hall–Kier alpha value is -2.60. The van der Waals surface area contributed by atoms with Crippen LogP contribution in [0.1, 0.15) is 5.56 Å². The lowest BCUT2D eigenvalue weighted by atomic mass is 10.2. The molecular formula is C14H11ClN2O4. The average Bonchev–Trinajstić information content (AvgIpc) is 2.48. The van der Waals surface area contributed by atoms with Crippen molar-refractivity contribution in [2.45, 2.75) is 6.61 Å². The highest BCUT2D eigenvalue weighted by Gasteiger charge is 2.12. The van der Waals surface area contributed by atoms with Crippen molar-refractivity contribution in [2.75, 3.05) is 5.32 Å². The molecule has 1 N–H and O–H groups in total. The first-order chi connectivity index (χ1) is 10.1. The molecule has 0 aliphatic heterocycles. The number of anilines is 1. The van der Waals surface area contributed by atoms with E-state index in [1.807, 2.05) is 30.3 Å². The zero-order chi connectivity index (χ0) is 15.2. The number of ether oxygens (including phenoxy) is 1. The summed E-state index contributed by atoms with van der Waals surface area (Å²) in [5.74, 6) is 0. The number of nitrogens with zero attached hydrogens (tertiary/aromatic N) is 1. The second kappa shape index (κ2) is 6.71. The van der Waals surface area contributed by atoms with Crippen molar-refractivity contribution in [3.8, 4) is 0 Å². The van der Waals surface area contributed by atoms with E-state index in [1.165, 1.54) is 18.2 Å². The Morgan fingerprint density at radius 2 is 1.95 bits per heavy atom. The SMILES string of the molecule is O=C(Nc1cc([N+](=O)[O-])ccc1Cl)OCc1ccccc1. The van der Waals surface area contributed by atoms with Crippen LogP contribution < -0.4 is 5.32 Å². The molecule has 0 aliphatic rings. The van der Waals surface area contributed by atoms with Gasteiger partial charge in [0.05, 0.1) is 15.6 Å². The molecule has 0 spiro atoms. The number of benzene rings is 2. The van der Waals surface area contributed by atoms with E-state index < -0.39 is 11.0 Å². The van der Waals surface area contributed by atoms with Gasteiger partial charge in [0.15, 0.2) is 0 Å². The van der Waals surface area contributed by atoms with Crippen LogP contribution in [0, 0.1) is 10.1 Å². The van der Waals surface area contributed by atoms with Crippen molar-refractivity contribution in [2.24, 2.45) is 0 Å². The molecule has 0 heterocycles. The molecule has 21 heavy (non-hydrogen) atoms. The predicted molar refractivity (Wildman–Crippen MR) is 78.4 cm³/mol. The Labute approximate surface area is 125 Å². The highest BCUT2D eigenvalue weighted by Crippen LogP contribution is 2.26. The highest BCUT2D eigenvalue weighted by atomic mass is 35.5. The number of carbonyl (C=O) groups excluding carboxylic acids is 1. The quantitative estimate of drug-likeness (QED) is 0.684. The molecule has 0 bridgehead atoms. The Morgan fingerprint density at radius 3 is 2.62 bits per heavy atom. The van der Waals surface area contributed by atoms with Gasteiger partial charge in [-0.1, -0.05) is 41.9 Å². The molecule has 0 saturated heterocycles. The summed E-state index contributed by atoms with van der Waals surface area (Å²) in [6.45, 7) is 0.0964. The van der Waals surface area contributed by atoms with E-state index in [9.17, 15) is 14.9 Å². The Morgan fingerprint density at radius 1 is 1.24 bits per heavy atom. The van der Waals surface area contributed by atoms with Crippen molar-refractivity contribution in [1.82, 2.24) is 0 Å². The van der Waals surface area contributed by atoms with E-state index in [2.05, 4.69) is 5.32 Å². The van der Waals surface area contributed by atoms with E-state index >= 15 is 0 Å². The number of amides is 1. The number of carbonyl (C=O) groups is 1. The summed E-state index contributed by atoms with van der Waals surface area (Å²) in [4.78, 5) is 21.8. The zero-order valence-corrected chi connectivity index (χ0v) is 11.5. The molecule has 1 amide bonds. The minimum Gasteiger partial charge on any atom is -0.444 e. The molecule has 2 rings (SSSR count). The van der Waals surface area contributed by atoms with Crippen LogP contribution in [0.15, 0.2) is 48.5 Å². The van der Waals surface area contributed by atoms with Gasteiger partial charge in [-0.25, -0.2) is 4.79 Å². The molecule has 0 radical (unpaired) electrons. The van der Waals surface area contributed by atoms with Crippen molar-refractivity contribution in [3.05, 3.63) is 69.2 Å². The Bertz CT molecular complexity index is 661. The number of nitrogens with one attached hydrogen (secondary N) is 1. The molecule has 2 aromatic carbocycles. The molecule has 0 aliphatic carbocycles. The van der Waals surface area contributed by atoms with Gasteiger partial charge in [-0.15, -0.1) is 0 Å². The maximum Gasteiger partial charge on any atom is 0.412 e. The normalized spacial score (nSPS) is 9.95. The number of hydrogen-bond acceptors (Lipinski definition) is 4. The fourth-order valence-electron chi connectivity index (χ4n) is 1.59. The van der Waals surface area contributed by atoms with Crippen molar-refractivity contribution in [1.29, 1.82) is 0 Å². The lowest BCUT2D eigenvalue weighted by molar-refractivity contribution is -0.384. The monoisotopic (exact) mass is 306 g/mol. The average molecular weight is 307 g/mol. The van der Waals surface area contributed by atoms with E-state index in [0.717, 1.165) is 5.56 Å². The third-order valence-electron chi connectivity index (χ3n) is 2.61. The molecule has 0 aromatic heterocycles. The van der Waals surface area contributed by atoms with Crippen LogP contribution in [-0.2, 0) is 11.3 Å². The van der Waals surface area contributed by atoms with Gasteiger partial charge in [0.1, 0.15) is 6.61 Å².